The van der Waals surface area contributed by atoms with Crippen LogP contribution in [0, 0.1) is 0 Å². The molecule has 5 heteroatoms. The molecule has 2 N–H and O–H groups in total. The molecule has 0 unspecified atom stereocenters. The lowest BCUT2D eigenvalue weighted by molar-refractivity contribution is -0.0349. The number of ether oxygens (including phenoxy) is 1. The molecular formula is C11H22N2O3. The average Bonchev–Trinajstić information content (AvgIpc) is 2.14. The van der Waals surface area contributed by atoms with Gasteiger partial charge in [-0.05, 0) is 40.5 Å². The SMILES string of the molecule is C[C@@H]1OCCC[C@@H]1NN(C(=O)O)C(C)(C)C. The first kappa shape index (κ1) is 13.3. The highest BCUT2D eigenvalue weighted by atomic mass is 16.5. The molecule has 0 bridgehead atoms. The highest BCUT2D eigenvalue weighted by Crippen LogP contribution is 2.17. The van der Waals surface area contributed by atoms with Crippen molar-refractivity contribution in [2.24, 2.45) is 0 Å². The Morgan fingerprint density at radius 3 is 2.56 bits per heavy atom. The Balaban J connectivity index is 2.64. The molecule has 1 fully saturated rings. The van der Waals surface area contributed by atoms with E-state index < -0.39 is 11.6 Å². The molecule has 1 aliphatic rings. The average molecular weight is 230 g/mol. The van der Waals surface area contributed by atoms with Crippen LogP contribution in [-0.2, 0) is 4.74 Å². The fraction of sp³-hybridized carbons (Fsp3) is 0.909. The molecule has 0 radical (unpaired) electrons. The van der Waals surface area contributed by atoms with E-state index in [1.165, 1.54) is 5.01 Å². The third-order valence-corrected chi connectivity index (χ3v) is 2.76. The van der Waals surface area contributed by atoms with Crippen LogP contribution in [0.5, 0.6) is 0 Å². The standard InChI is InChI=1S/C11H22N2O3/c1-8-9(6-5-7-16-8)12-13(10(14)15)11(2,3)4/h8-9,12H,5-7H2,1-4H3,(H,14,15)/t8-,9-/m0/s1. The van der Waals surface area contributed by atoms with Crippen molar-refractivity contribution >= 4 is 6.09 Å². The Kier molecular flexibility index (Phi) is 4.15. The first-order chi connectivity index (χ1) is 7.32. The van der Waals surface area contributed by atoms with Crippen LogP contribution >= 0.6 is 0 Å². The van der Waals surface area contributed by atoms with Crippen LogP contribution in [0.25, 0.3) is 0 Å². The Labute approximate surface area is 96.7 Å². The van der Waals surface area contributed by atoms with Crippen molar-refractivity contribution in [2.75, 3.05) is 6.61 Å². The molecule has 0 aromatic heterocycles. The molecule has 1 aliphatic heterocycles. The van der Waals surface area contributed by atoms with Gasteiger partial charge in [0.1, 0.15) is 0 Å². The van der Waals surface area contributed by atoms with Gasteiger partial charge in [-0.1, -0.05) is 0 Å². The Bertz CT molecular complexity index is 250. The predicted octanol–water partition coefficient (Wildman–Crippen LogP) is 1.84. The summed E-state index contributed by atoms with van der Waals surface area (Å²) in [5.74, 6) is 0. The smallest absolute Gasteiger partial charge is 0.422 e. The van der Waals surface area contributed by atoms with Crippen molar-refractivity contribution < 1.29 is 14.6 Å². The second-order valence-electron chi connectivity index (χ2n) is 5.24. The van der Waals surface area contributed by atoms with Gasteiger partial charge in [0, 0.05) is 6.61 Å². The number of hydrazine groups is 1. The quantitative estimate of drug-likeness (QED) is 0.710. The van der Waals surface area contributed by atoms with Gasteiger partial charge in [-0.25, -0.2) is 15.2 Å². The fourth-order valence-electron chi connectivity index (χ4n) is 1.79. The van der Waals surface area contributed by atoms with Crippen molar-refractivity contribution in [2.45, 2.75) is 58.2 Å². The summed E-state index contributed by atoms with van der Waals surface area (Å²) >= 11 is 0. The van der Waals surface area contributed by atoms with Crippen molar-refractivity contribution in [1.29, 1.82) is 0 Å². The van der Waals surface area contributed by atoms with Gasteiger partial charge in [0.25, 0.3) is 0 Å². The minimum atomic E-state index is -0.953. The minimum absolute atomic E-state index is 0.0537. The van der Waals surface area contributed by atoms with Crippen molar-refractivity contribution in [3.05, 3.63) is 0 Å². The molecule has 0 spiro atoms. The van der Waals surface area contributed by atoms with Crippen LogP contribution in [-0.4, -0.2) is 40.5 Å². The lowest BCUT2D eigenvalue weighted by Gasteiger charge is -2.39. The van der Waals surface area contributed by atoms with E-state index in [9.17, 15) is 4.79 Å². The normalized spacial score (nSPS) is 26.5. The zero-order valence-corrected chi connectivity index (χ0v) is 10.5. The first-order valence-electron chi connectivity index (χ1n) is 5.73. The van der Waals surface area contributed by atoms with Crippen LogP contribution < -0.4 is 5.43 Å². The number of hydrogen-bond acceptors (Lipinski definition) is 3. The largest absolute Gasteiger partial charge is 0.464 e. The summed E-state index contributed by atoms with van der Waals surface area (Å²) in [6, 6.07) is 0.0732. The van der Waals surface area contributed by atoms with Gasteiger partial charge in [0.2, 0.25) is 0 Å². The molecule has 1 rings (SSSR count). The van der Waals surface area contributed by atoms with Crippen molar-refractivity contribution in [3.63, 3.8) is 0 Å². The number of amides is 1. The maximum Gasteiger partial charge on any atom is 0.422 e. The van der Waals surface area contributed by atoms with Crippen LogP contribution in [0.1, 0.15) is 40.5 Å². The summed E-state index contributed by atoms with van der Waals surface area (Å²) in [6.07, 6.45) is 1.02. The Hall–Kier alpha value is -0.810. The molecule has 16 heavy (non-hydrogen) atoms. The summed E-state index contributed by atoms with van der Waals surface area (Å²) in [4.78, 5) is 11.1. The van der Waals surface area contributed by atoms with Gasteiger partial charge >= 0.3 is 6.09 Å². The van der Waals surface area contributed by atoms with E-state index in [0.29, 0.717) is 0 Å². The molecule has 1 saturated heterocycles. The van der Waals surface area contributed by atoms with E-state index in [0.717, 1.165) is 19.4 Å². The third-order valence-electron chi connectivity index (χ3n) is 2.76. The molecule has 0 saturated carbocycles. The van der Waals surface area contributed by atoms with E-state index in [4.69, 9.17) is 9.84 Å². The lowest BCUT2D eigenvalue weighted by atomic mass is 10.0. The second kappa shape index (κ2) is 5.01. The summed E-state index contributed by atoms with van der Waals surface area (Å²) in [5, 5.41) is 10.4. The molecule has 5 nitrogen and oxygen atoms in total. The van der Waals surface area contributed by atoms with Crippen LogP contribution in [0.15, 0.2) is 0 Å². The highest BCUT2D eigenvalue weighted by molar-refractivity contribution is 5.65. The van der Waals surface area contributed by atoms with Crippen molar-refractivity contribution in [3.8, 4) is 0 Å². The maximum absolute atomic E-state index is 11.1. The van der Waals surface area contributed by atoms with E-state index in [2.05, 4.69) is 5.43 Å². The van der Waals surface area contributed by atoms with E-state index in [1.54, 1.807) is 0 Å². The van der Waals surface area contributed by atoms with Gasteiger partial charge < -0.3 is 9.84 Å². The predicted molar refractivity (Wildman–Crippen MR) is 61.2 cm³/mol. The zero-order chi connectivity index (χ0) is 12.3. The van der Waals surface area contributed by atoms with Crippen LogP contribution in [0.3, 0.4) is 0 Å². The fourth-order valence-corrected chi connectivity index (χ4v) is 1.79. The zero-order valence-electron chi connectivity index (χ0n) is 10.5. The number of hydrogen-bond donors (Lipinski definition) is 2. The molecule has 0 aromatic rings. The summed E-state index contributed by atoms with van der Waals surface area (Å²) in [5.41, 5.74) is 2.60. The minimum Gasteiger partial charge on any atom is -0.464 e. The van der Waals surface area contributed by atoms with Gasteiger partial charge in [-0.15, -0.1) is 0 Å². The van der Waals surface area contributed by atoms with Gasteiger partial charge in [-0.3, -0.25) is 0 Å². The topological polar surface area (TPSA) is 61.8 Å². The first-order valence-corrected chi connectivity index (χ1v) is 5.73. The number of nitrogens with one attached hydrogen (secondary N) is 1. The van der Waals surface area contributed by atoms with E-state index in [-0.39, 0.29) is 12.1 Å². The number of carbonyl (C=O) groups is 1. The molecule has 1 heterocycles. The van der Waals surface area contributed by atoms with Gasteiger partial charge in [0.05, 0.1) is 17.7 Å². The number of nitrogens with zero attached hydrogens (tertiary/aromatic N) is 1. The van der Waals surface area contributed by atoms with E-state index in [1.807, 2.05) is 27.7 Å². The molecular weight excluding hydrogens is 208 g/mol. The maximum atomic E-state index is 11.1. The molecule has 2 atom stereocenters. The number of carboxylic acid groups (broad SMARTS) is 1. The summed E-state index contributed by atoms with van der Waals surface area (Å²) in [7, 11) is 0. The molecule has 94 valence electrons. The van der Waals surface area contributed by atoms with Gasteiger partial charge in [-0.2, -0.15) is 0 Å². The summed E-state index contributed by atoms with van der Waals surface area (Å²) in [6.45, 7) is 8.33. The van der Waals surface area contributed by atoms with Crippen LogP contribution in [0.2, 0.25) is 0 Å². The molecule has 0 aromatic carbocycles. The number of rotatable bonds is 2. The monoisotopic (exact) mass is 230 g/mol. The molecule has 1 amide bonds. The third kappa shape index (κ3) is 3.35. The molecule has 0 aliphatic carbocycles. The Morgan fingerprint density at radius 2 is 2.12 bits per heavy atom. The van der Waals surface area contributed by atoms with E-state index >= 15 is 0 Å². The summed E-state index contributed by atoms with van der Waals surface area (Å²) < 4.78 is 5.50. The lowest BCUT2D eigenvalue weighted by Crippen LogP contribution is -2.59. The highest BCUT2D eigenvalue weighted by Gasteiger charge is 2.31. The second-order valence-corrected chi connectivity index (χ2v) is 5.24. The Morgan fingerprint density at radius 1 is 1.50 bits per heavy atom. The van der Waals surface area contributed by atoms with Crippen molar-refractivity contribution in [1.82, 2.24) is 10.4 Å². The van der Waals surface area contributed by atoms with Gasteiger partial charge in [0.15, 0.2) is 0 Å². The van der Waals surface area contributed by atoms with Crippen LogP contribution in [0.4, 0.5) is 4.79 Å².